The second-order valence-corrected chi connectivity index (χ2v) is 6.72. The summed E-state index contributed by atoms with van der Waals surface area (Å²) in [6.07, 6.45) is 0. The second-order valence-electron chi connectivity index (χ2n) is 4.14. The van der Waals surface area contributed by atoms with E-state index in [1.807, 2.05) is 0 Å². The third-order valence-electron chi connectivity index (χ3n) is 2.64. The topological polar surface area (TPSA) is 72.2 Å². The average Bonchev–Trinajstić information content (AvgIpc) is 2.41. The lowest BCUT2D eigenvalue weighted by molar-refractivity contribution is 0.581. The summed E-state index contributed by atoms with van der Waals surface area (Å²) in [5.74, 6) is 0. The van der Waals surface area contributed by atoms with Crippen molar-refractivity contribution in [2.45, 2.75) is 11.4 Å². The monoisotopic (exact) mass is 330 g/mol. The Kier molecular flexibility index (Phi) is 4.55. The maximum Gasteiger partial charge on any atom is 0.240 e. The average molecular weight is 331 g/mol. The quantitative estimate of drug-likeness (QED) is 0.846. The van der Waals surface area contributed by atoms with Crippen LogP contribution in [0.2, 0.25) is 10.0 Å². The fraction of sp³-hybridized carbons (Fsp3) is 0.0769. The number of sulfonamides is 1. The van der Waals surface area contributed by atoms with Crippen LogP contribution in [0.15, 0.2) is 47.4 Å². The van der Waals surface area contributed by atoms with Crippen molar-refractivity contribution in [2.75, 3.05) is 5.73 Å². The van der Waals surface area contributed by atoms with E-state index in [2.05, 4.69) is 4.72 Å². The molecule has 20 heavy (non-hydrogen) atoms. The third-order valence-corrected chi connectivity index (χ3v) is 4.80. The van der Waals surface area contributed by atoms with Gasteiger partial charge in [0.1, 0.15) is 0 Å². The molecule has 4 nitrogen and oxygen atoms in total. The van der Waals surface area contributed by atoms with E-state index < -0.39 is 10.0 Å². The molecule has 2 aromatic rings. The van der Waals surface area contributed by atoms with Crippen molar-refractivity contribution in [3.8, 4) is 0 Å². The van der Waals surface area contributed by atoms with Crippen LogP contribution in [0.4, 0.5) is 5.69 Å². The zero-order valence-electron chi connectivity index (χ0n) is 10.3. The first-order valence-electron chi connectivity index (χ1n) is 5.67. The highest BCUT2D eigenvalue weighted by Crippen LogP contribution is 2.22. The Bertz CT molecular complexity index is 716. The predicted molar refractivity (Wildman–Crippen MR) is 81.3 cm³/mol. The van der Waals surface area contributed by atoms with Gasteiger partial charge in [0.25, 0.3) is 0 Å². The smallest absolute Gasteiger partial charge is 0.240 e. The van der Waals surface area contributed by atoms with E-state index in [-0.39, 0.29) is 11.4 Å². The molecule has 3 N–H and O–H groups in total. The number of benzene rings is 2. The van der Waals surface area contributed by atoms with Crippen molar-refractivity contribution in [1.82, 2.24) is 4.72 Å². The standard InChI is InChI=1S/C13H12Cl2N2O2S/c14-12-6-1-9(7-13(12)15)8-17-20(18,19)11-4-2-10(16)3-5-11/h1-7,17H,8,16H2. The minimum Gasteiger partial charge on any atom is -0.399 e. The second kappa shape index (κ2) is 6.01. The van der Waals surface area contributed by atoms with Crippen molar-refractivity contribution in [3.05, 3.63) is 58.1 Å². The predicted octanol–water partition coefficient (Wildman–Crippen LogP) is 3.05. The Hall–Kier alpha value is -1.27. The van der Waals surface area contributed by atoms with E-state index in [0.29, 0.717) is 15.7 Å². The summed E-state index contributed by atoms with van der Waals surface area (Å²) in [5.41, 5.74) is 6.75. The van der Waals surface area contributed by atoms with Crippen LogP contribution in [-0.2, 0) is 16.6 Å². The summed E-state index contributed by atoms with van der Waals surface area (Å²) in [5, 5.41) is 0.813. The van der Waals surface area contributed by atoms with Crippen molar-refractivity contribution >= 4 is 38.9 Å². The molecule has 0 amide bonds. The lowest BCUT2D eigenvalue weighted by Gasteiger charge is -2.08. The molecule has 0 aliphatic carbocycles. The van der Waals surface area contributed by atoms with Gasteiger partial charge in [-0.05, 0) is 42.0 Å². The van der Waals surface area contributed by atoms with Gasteiger partial charge in [0.2, 0.25) is 10.0 Å². The van der Waals surface area contributed by atoms with Gasteiger partial charge in [-0.3, -0.25) is 0 Å². The Labute approximate surface area is 127 Å². The summed E-state index contributed by atoms with van der Waals surface area (Å²) < 4.78 is 26.6. The molecule has 0 radical (unpaired) electrons. The Balaban J connectivity index is 2.13. The number of anilines is 1. The van der Waals surface area contributed by atoms with Crippen LogP contribution in [0, 0.1) is 0 Å². The van der Waals surface area contributed by atoms with Gasteiger partial charge < -0.3 is 5.73 Å². The fourth-order valence-electron chi connectivity index (χ4n) is 1.56. The molecule has 2 aromatic carbocycles. The van der Waals surface area contributed by atoms with Gasteiger partial charge >= 0.3 is 0 Å². The van der Waals surface area contributed by atoms with Crippen molar-refractivity contribution in [1.29, 1.82) is 0 Å². The summed E-state index contributed by atoms with van der Waals surface area (Å²) in [6.45, 7) is 0.129. The Morgan fingerprint density at radius 3 is 2.25 bits per heavy atom. The number of nitrogen functional groups attached to an aromatic ring is 1. The lowest BCUT2D eigenvalue weighted by atomic mass is 10.2. The minimum absolute atomic E-state index is 0.129. The highest BCUT2D eigenvalue weighted by atomic mass is 35.5. The Morgan fingerprint density at radius 2 is 1.65 bits per heavy atom. The number of hydrogen-bond acceptors (Lipinski definition) is 3. The zero-order valence-corrected chi connectivity index (χ0v) is 12.6. The van der Waals surface area contributed by atoms with Crippen LogP contribution >= 0.6 is 23.2 Å². The van der Waals surface area contributed by atoms with Gasteiger partial charge in [-0.1, -0.05) is 29.3 Å². The maximum atomic E-state index is 12.1. The summed E-state index contributed by atoms with van der Waals surface area (Å²) in [6, 6.07) is 10.9. The van der Waals surface area contributed by atoms with Crippen LogP contribution in [0.25, 0.3) is 0 Å². The first kappa shape index (κ1) is 15.1. The van der Waals surface area contributed by atoms with E-state index in [1.165, 1.54) is 24.3 Å². The molecule has 0 bridgehead atoms. The normalized spacial score (nSPS) is 11.5. The Morgan fingerprint density at radius 1 is 1.00 bits per heavy atom. The van der Waals surface area contributed by atoms with Gasteiger partial charge in [-0.2, -0.15) is 0 Å². The fourth-order valence-corrected chi connectivity index (χ4v) is 2.90. The largest absolute Gasteiger partial charge is 0.399 e. The molecule has 0 atom stereocenters. The molecule has 0 fully saturated rings. The van der Waals surface area contributed by atoms with Crippen molar-refractivity contribution < 1.29 is 8.42 Å². The molecule has 0 unspecified atom stereocenters. The molecular formula is C13H12Cl2N2O2S. The number of nitrogens with two attached hydrogens (primary N) is 1. The molecule has 0 aromatic heterocycles. The zero-order chi connectivity index (χ0) is 14.8. The number of halogens is 2. The van der Waals surface area contributed by atoms with Crippen LogP contribution in [0.5, 0.6) is 0 Å². The third kappa shape index (κ3) is 3.64. The molecule has 2 rings (SSSR count). The summed E-state index contributed by atoms with van der Waals surface area (Å²) in [4.78, 5) is 0.159. The molecule has 106 valence electrons. The minimum atomic E-state index is -3.58. The van der Waals surface area contributed by atoms with Crippen LogP contribution in [0.1, 0.15) is 5.56 Å². The summed E-state index contributed by atoms with van der Waals surface area (Å²) in [7, 11) is -3.58. The van der Waals surface area contributed by atoms with Crippen LogP contribution in [0.3, 0.4) is 0 Å². The maximum absolute atomic E-state index is 12.1. The SMILES string of the molecule is Nc1ccc(S(=O)(=O)NCc2ccc(Cl)c(Cl)c2)cc1. The van der Waals surface area contributed by atoms with Gasteiger partial charge in [-0.25, -0.2) is 13.1 Å². The van der Waals surface area contributed by atoms with E-state index >= 15 is 0 Å². The first-order chi connectivity index (χ1) is 9.38. The molecular weight excluding hydrogens is 319 g/mol. The van der Waals surface area contributed by atoms with Crippen LogP contribution < -0.4 is 10.5 Å². The molecule has 0 saturated heterocycles. The number of hydrogen-bond donors (Lipinski definition) is 2. The molecule has 0 spiro atoms. The van der Waals surface area contributed by atoms with Gasteiger partial charge in [-0.15, -0.1) is 0 Å². The molecule has 0 heterocycles. The van der Waals surface area contributed by atoms with Gasteiger partial charge in [0.15, 0.2) is 0 Å². The highest BCUT2D eigenvalue weighted by molar-refractivity contribution is 7.89. The first-order valence-corrected chi connectivity index (χ1v) is 7.91. The van der Waals surface area contributed by atoms with E-state index in [0.717, 1.165) is 5.56 Å². The van der Waals surface area contributed by atoms with Crippen molar-refractivity contribution in [3.63, 3.8) is 0 Å². The molecule has 0 aliphatic rings. The van der Waals surface area contributed by atoms with Gasteiger partial charge in [0, 0.05) is 12.2 Å². The van der Waals surface area contributed by atoms with Crippen molar-refractivity contribution in [2.24, 2.45) is 0 Å². The van der Waals surface area contributed by atoms with E-state index in [9.17, 15) is 8.42 Å². The van der Waals surface area contributed by atoms with E-state index in [1.54, 1.807) is 18.2 Å². The summed E-state index contributed by atoms with van der Waals surface area (Å²) >= 11 is 11.7. The number of nitrogens with one attached hydrogen (secondary N) is 1. The van der Waals surface area contributed by atoms with Gasteiger partial charge in [0.05, 0.1) is 14.9 Å². The molecule has 0 aliphatic heterocycles. The number of rotatable bonds is 4. The molecule has 7 heteroatoms. The highest BCUT2D eigenvalue weighted by Gasteiger charge is 2.13. The lowest BCUT2D eigenvalue weighted by Crippen LogP contribution is -2.23. The van der Waals surface area contributed by atoms with E-state index in [4.69, 9.17) is 28.9 Å². The van der Waals surface area contributed by atoms with Crippen LogP contribution in [-0.4, -0.2) is 8.42 Å². The molecule has 0 saturated carbocycles.